The number of rotatable bonds is 3. The second-order valence-electron chi connectivity index (χ2n) is 6.88. The Labute approximate surface area is 137 Å². The molecular weight excluding hydrogens is 288 g/mol. The smallest absolute Gasteiger partial charge is 0.227 e. The van der Waals surface area contributed by atoms with Crippen molar-refractivity contribution in [3.63, 3.8) is 0 Å². The lowest BCUT2D eigenvalue weighted by Gasteiger charge is -2.38. The zero-order valence-corrected chi connectivity index (χ0v) is 14.3. The highest BCUT2D eigenvalue weighted by Gasteiger charge is 2.29. The highest BCUT2D eigenvalue weighted by atomic mass is 16.3. The van der Waals surface area contributed by atoms with Gasteiger partial charge in [-0.3, -0.25) is 4.79 Å². The highest BCUT2D eigenvalue weighted by molar-refractivity contribution is 5.88. The molecule has 2 aromatic rings. The molecule has 0 saturated carbocycles. The van der Waals surface area contributed by atoms with E-state index in [0.29, 0.717) is 6.42 Å². The second-order valence-corrected chi connectivity index (χ2v) is 6.88. The summed E-state index contributed by atoms with van der Waals surface area (Å²) < 4.78 is 5.65. The predicted molar refractivity (Wildman–Crippen MR) is 92.4 cm³/mol. The molecule has 1 aliphatic heterocycles. The van der Waals surface area contributed by atoms with Gasteiger partial charge in [0.1, 0.15) is 5.58 Å². The van der Waals surface area contributed by atoms with E-state index in [1.807, 2.05) is 17.9 Å². The fraction of sp³-hybridized carbons (Fsp3) is 0.526. The van der Waals surface area contributed by atoms with Crippen LogP contribution in [0.4, 0.5) is 0 Å². The number of piperidine rings is 1. The van der Waals surface area contributed by atoms with E-state index in [2.05, 4.69) is 19.9 Å². The van der Waals surface area contributed by atoms with Gasteiger partial charge in [0.25, 0.3) is 0 Å². The van der Waals surface area contributed by atoms with Crippen LogP contribution in [0.25, 0.3) is 11.0 Å². The van der Waals surface area contributed by atoms with Crippen LogP contribution in [0.2, 0.25) is 0 Å². The summed E-state index contributed by atoms with van der Waals surface area (Å²) in [4.78, 5) is 14.8. The molecule has 0 radical (unpaired) electrons. The highest BCUT2D eigenvalue weighted by Crippen LogP contribution is 2.27. The molecule has 2 atom stereocenters. The lowest BCUT2D eigenvalue weighted by molar-refractivity contribution is -0.134. The summed E-state index contributed by atoms with van der Waals surface area (Å²) in [6.07, 6.45) is 5.35. The number of nitrogens with zero attached hydrogens (tertiary/aromatic N) is 1. The monoisotopic (exact) mass is 314 g/mol. The van der Waals surface area contributed by atoms with Crippen molar-refractivity contribution in [2.24, 2.45) is 5.73 Å². The van der Waals surface area contributed by atoms with Crippen LogP contribution in [-0.2, 0) is 11.2 Å². The van der Waals surface area contributed by atoms with Gasteiger partial charge in [0.15, 0.2) is 0 Å². The Balaban J connectivity index is 1.83. The summed E-state index contributed by atoms with van der Waals surface area (Å²) in [6.45, 7) is 6.97. The minimum Gasteiger partial charge on any atom is -0.464 e. The quantitative estimate of drug-likeness (QED) is 0.945. The molecular formula is C19H26N2O2. The maximum absolute atomic E-state index is 12.8. The number of aryl methyl sites for hydroxylation is 2. The Kier molecular flexibility index (Phi) is 4.44. The molecule has 124 valence electrons. The fourth-order valence-corrected chi connectivity index (χ4v) is 3.55. The van der Waals surface area contributed by atoms with Crippen molar-refractivity contribution < 1.29 is 9.21 Å². The van der Waals surface area contributed by atoms with E-state index >= 15 is 0 Å². The van der Waals surface area contributed by atoms with Crippen molar-refractivity contribution in [1.29, 1.82) is 0 Å². The van der Waals surface area contributed by atoms with Gasteiger partial charge in [0.05, 0.1) is 12.7 Å². The van der Waals surface area contributed by atoms with Gasteiger partial charge in [-0.25, -0.2) is 0 Å². The Bertz CT molecular complexity index is 717. The molecule has 3 rings (SSSR count). The molecule has 1 saturated heterocycles. The Hall–Kier alpha value is -1.81. The topological polar surface area (TPSA) is 59.5 Å². The van der Waals surface area contributed by atoms with E-state index < -0.39 is 0 Å². The molecule has 2 heterocycles. The van der Waals surface area contributed by atoms with Gasteiger partial charge in [-0.1, -0.05) is 0 Å². The third-order valence-electron chi connectivity index (χ3n) is 5.09. The lowest BCUT2D eigenvalue weighted by Crippen LogP contribution is -2.52. The normalized spacial score (nSPS) is 20.0. The van der Waals surface area contributed by atoms with Crippen molar-refractivity contribution in [3.8, 4) is 0 Å². The molecule has 2 N–H and O–H groups in total. The van der Waals surface area contributed by atoms with Gasteiger partial charge in [-0.15, -0.1) is 0 Å². The Morgan fingerprint density at radius 3 is 2.83 bits per heavy atom. The number of benzene rings is 1. The van der Waals surface area contributed by atoms with E-state index in [0.717, 1.165) is 42.3 Å². The number of hydrogen-bond donors (Lipinski definition) is 1. The van der Waals surface area contributed by atoms with Crippen molar-refractivity contribution >= 4 is 16.9 Å². The molecule has 2 unspecified atom stereocenters. The summed E-state index contributed by atoms with van der Waals surface area (Å²) in [5.41, 5.74) is 10.3. The summed E-state index contributed by atoms with van der Waals surface area (Å²) in [6, 6.07) is 4.35. The number of carbonyl (C=O) groups is 1. The third-order valence-corrected chi connectivity index (χ3v) is 5.09. The largest absolute Gasteiger partial charge is 0.464 e. The van der Waals surface area contributed by atoms with Gasteiger partial charge in [0.2, 0.25) is 5.91 Å². The molecule has 4 heteroatoms. The SMILES string of the molecule is Cc1cc2occ(CC(=O)N3CCCCC3C(C)N)c2cc1C. The van der Waals surface area contributed by atoms with E-state index in [9.17, 15) is 4.79 Å². The first-order valence-electron chi connectivity index (χ1n) is 8.49. The van der Waals surface area contributed by atoms with Crippen molar-refractivity contribution in [2.45, 2.75) is 58.5 Å². The fourth-order valence-electron chi connectivity index (χ4n) is 3.55. The summed E-state index contributed by atoms with van der Waals surface area (Å²) in [5.74, 6) is 0.160. The number of hydrogen-bond acceptors (Lipinski definition) is 3. The maximum atomic E-state index is 12.8. The first-order valence-corrected chi connectivity index (χ1v) is 8.49. The van der Waals surface area contributed by atoms with Gasteiger partial charge >= 0.3 is 0 Å². The van der Waals surface area contributed by atoms with Gasteiger partial charge < -0.3 is 15.1 Å². The zero-order valence-electron chi connectivity index (χ0n) is 14.3. The standard InChI is InChI=1S/C19H26N2O2/c1-12-8-16-15(11-23-18(16)9-13(12)2)10-19(22)21-7-5-4-6-17(21)14(3)20/h8-9,11,14,17H,4-7,10,20H2,1-3H3. The summed E-state index contributed by atoms with van der Waals surface area (Å²) >= 11 is 0. The molecule has 1 aromatic carbocycles. The number of furan rings is 1. The lowest BCUT2D eigenvalue weighted by atomic mass is 9.96. The van der Waals surface area contributed by atoms with Crippen LogP contribution in [0.5, 0.6) is 0 Å². The minimum absolute atomic E-state index is 0.0187. The second kappa shape index (κ2) is 6.36. The van der Waals surface area contributed by atoms with Crippen LogP contribution >= 0.6 is 0 Å². The molecule has 0 aliphatic carbocycles. The molecule has 1 fully saturated rings. The first-order chi connectivity index (χ1) is 11.0. The molecule has 4 nitrogen and oxygen atoms in total. The van der Waals surface area contributed by atoms with E-state index in [1.165, 1.54) is 11.1 Å². The molecule has 23 heavy (non-hydrogen) atoms. The minimum atomic E-state index is 0.0187. The molecule has 0 bridgehead atoms. The van der Waals surface area contributed by atoms with Crippen molar-refractivity contribution in [2.75, 3.05) is 6.54 Å². The van der Waals surface area contributed by atoms with Crippen molar-refractivity contribution in [3.05, 3.63) is 35.1 Å². The van der Waals surface area contributed by atoms with Gasteiger partial charge in [0, 0.05) is 29.6 Å². The van der Waals surface area contributed by atoms with Gasteiger partial charge in [-0.05, 0) is 63.3 Å². The van der Waals surface area contributed by atoms with Crippen LogP contribution in [0.15, 0.2) is 22.8 Å². The van der Waals surface area contributed by atoms with Crippen LogP contribution in [-0.4, -0.2) is 29.4 Å². The maximum Gasteiger partial charge on any atom is 0.227 e. The number of likely N-dealkylation sites (tertiary alicyclic amines) is 1. The van der Waals surface area contributed by atoms with Gasteiger partial charge in [-0.2, -0.15) is 0 Å². The van der Waals surface area contributed by atoms with Crippen LogP contribution < -0.4 is 5.73 Å². The average molecular weight is 314 g/mol. The Morgan fingerprint density at radius 2 is 2.09 bits per heavy atom. The van der Waals surface area contributed by atoms with E-state index in [-0.39, 0.29) is 18.0 Å². The van der Waals surface area contributed by atoms with Crippen molar-refractivity contribution in [1.82, 2.24) is 4.90 Å². The molecule has 1 aromatic heterocycles. The van der Waals surface area contributed by atoms with Crippen LogP contribution in [0, 0.1) is 13.8 Å². The third kappa shape index (κ3) is 3.13. The van der Waals surface area contributed by atoms with Crippen LogP contribution in [0.1, 0.15) is 42.9 Å². The first kappa shape index (κ1) is 16.1. The average Bonchev–Trinajstić information content (AvgIpc) is 2.89. The van der Waals surface area contributed by atoms with Crippen LogP contribution in [0.3, 0.4) is 0 Å². The number of nitrogens with two attached hydrogens (primary N) is 1. The molecule has 1 aliphatic rings. The molecule has 0 spiro atoms. The summed E-state index contributed by atoms with van der Waals surface area (Å²) in [7, 11) is 0. The van der Waals surface area contributed by atoms with E-state index in [1.54, 1.807) is 6.26 Å². The molecule has 1 amide bonds. The number of carbonyl (C=O) groups excluding carboxylic acids is 1. The van der Waals surface area contributed by atoms with E-state index in [4.69, 9.17) is 10.2 Å². The Morgan fingerprint density at radius 1 is 1.35 bits per heavy atom. The predicted octanol–water partition coefficient (Wildman–Crippen LogP) is 3.32. The summed E-state index contributed by atoms with van der Waals surface area (Å²) in [5, 5.41) is 1.05. The number of amides is 1. The number of fused-ring (bicyclic) bond motifs is 1. The zero-order chi connectivity index (χ0) is 16.6.